The number of nitrogens with zero attached hydrogens (tertiary/aromatic N) is 3. The molecule has 2 atom stereocenters. The summed E-state index contributed by atoms with van der Waals surface area (Å²) in [6.07, 6.45) is 1.21. The lowest BCUT2D eigenvalue weighted by atomic mass is 9.92. The molecule has 0 radical (unpaired) electrons. The van der Waals surface area contributed by atoms with Crippen LogP contribution in [-0.4, -0.2) is 72.3 Å². The lowest BCUT2D eigenvalue weighted by Gasteiger charge is -2.38. The van der Waals surface area contributed by atoms with E-state index < -0.39 is 0 Å². The Morgan fingerprint density at radius 3 is 2.00 bits per heavy atom. The molecule has 148 valence electrons. The van der Waals surface area contributed by atoms with Crippen molar-refractivity contribution in [3.05, 3.63) is 34.9 Å². The quantitative estimate of drug-likeness (QED) is 0.820. The molecule has 1 aromatic rings. The van der Waals surface area contributed by atoms with Crippen LogP contribution in [-0.2, 0) is 4.79 Å². The first-order valence-corrected chi connectivity index (χ1v) is 10.2. The van der Waals surface area contributed by atoms with Crippen LogP contribution < -0.4 is 0 Å². The van der Waals surface area contributed by atoms with E-state index >= 15 is 0 Å². The summed E-state index contributed by atoms with van der Waals surface area (Å²) in [7, 11) is 0. The van der Waals surface area contributed by atoms with Gasteiger partial charge in [-0.3, -0.25) is 14.5 Å². The van der Waals surface area contributed by atoms with E-state index in [1.54, 1.807) is 0 Å². The van der Waals surface area contributed by atoms with Crippen molar-refractivity contribution >= 4 is 11.8 Å². The number of carbonyl (C=O) groups is 2. The van der Waals surface area contributed by atoms with Gasteiger partial charge in [0, 0.05) is 44.8 Å². The maximum Gasteiger partial charge on any atom is 0.253 e. The average Bonchev–Trinajstić information content (AvgIpc) is 2.60. The van der Waals surface area contributed by atoms with Gasteiger partial charge < -0.3 is 9.80 Å². The van der Waals surface area contributed by atoms with E-state index in [1.807, 2.05) is 35.8 Å². The highest BCUT2D eigenvalue weighted by molar-refractivity contribution is 5.94. The number of aryl methyl sites for hydroxylation is 2. The van der Waals surface area contributed by atoms with Gasteiger partial charge in [0.05, 0.1) is 6.54 Å². The first kappa shape index (κ1) is 19.9. The molecule has 3 rings (SSSR count). The summed E-state index contributed by atoms with van der Waals surface area (Å²) in [6, 6.07) is 6.01. The van der Waals surface area contributed by atoms with Crippen LogP contribution in [0.1, 0.15) is 41.8 Å². The molecule has 0 saturated carbocycles. The Labute approximate surface area is 163 Å². The normalized spacial score (nSPS) is 24.1. The predicted octanol–water partition coefficient (Wildman–Crippen LogP) is 2.57. The van der Waals surface area contributed by atoms with E-state index in [0.717, 1.165) is 42.9 Å². The van der Waals surface area contributed by atoms with Gasteiger partial charge in [-0.1, -0.05) is 31.0 Å². The fraction of sp³-hybridized carbons (Fsp3) is 0.636. The van der Waals surface area contributed by atoms with E-state index in [0.29, 0.717) is 31.5 Å². The lowest BCUT2D eigenvalue weighted by Crippen LogP contribution is -2.53. The molecule has 0 aliphatic carbocycles. The van der Waals surface area contributed by atoms with Crippen molar-refractivity contribution in [3.8, 4) is 0 Å². The number of piperazine rings is 1. The Morgan fingerprint density at radius 2 is 1.44 bits per heavy atom. The Kier molecular flexibility index (Phi) is 6.20. The van der Waals surface area contributed by atoms with Gasteiger partial charge in [-0.15, -0.1) is 0 Å². The number of rotatable bonds is 3. The van der Waals surface area contributed by atoms with Gasteiger partial charge in [-0.25, -0.2) is 0 Å². The van der Waals surface area contributed by atoms with Gasteiger partial charge in [0.2, 0.25) is 5.91 Å². The monoisotopic (exact) mass is 371 g/mol. The topological polar surface area (TPSA) is 43.9 Å². The molecule has 0 aromatic heterocycles. The van der Waals surface area contributed by atoms with Crippen molar-refractivity contribution in [3.63, 3.8) is 0 Å². The molecule has 2 fully saturated rings. The molecular formula is C22H33N3O2. The van der Waals surface area contributed by atoms with Crippen molar-refractivity contribution in [2.75, 3.05) is 45.8 Å². The fourth-order valence-electron chi connectivity index (χ4n) is 4.55. The van der Waals surface area contributed by atoms with Crippen LogP contribution in [0.4, 0.5) is 0 Å². The second-order valence-electron chi connectivity index (χ2n) is 8.69. The first-order chi connectivity index (χ1) is 12.8. The summed E-state index contributed by atoms with van der Waals surface area (Å²) in [5, 5.41) is 0. The highest BCUT2D eigenvalue weighted by Crippen LogP contribution is 2.21. The van der Waals surface area contributed by atoms with Crippen LogP contribution in [0, 0.1) is 25.7 Å². The van der Waals surface area contributed by atoms with Crippen molar-refractivity contribution in [2.45, 2.75) is 34.1 Å². The molecule has 2 heterocycles. The number of hydrogen-bond acceptors (Lipinski definition) is 3. The van der Waals surface area contributed by atoms with E-state index in [9.17, 15) is 9.59 Å². The molecule has 2 unspecified atom stereocenters. The van der Waals surface area contributed by atoms with E-state index in [2.05, 4.69) is 24.8 Å². The minimum atomic E-state index is 0.103. The van der Waals surface area contributed by atoms with Crippen LogP contribution in [0.3, 0.4) is 0 Å². The van der Waals surface area contributed by atoms with Gasteiger partial charge in [-0.2, -0.15) is 0 Å². The van der Waals surface area contributed by atoms with Crippen LogP contribution in [0.5, 0.6) is 0 Å². The van der Waals surface area contributed by atoms with Gasteiger partial charge in [-0.05, 0) is 44.2 Å². The zero-order chi connectivity index (χ0) is 19.6. The number of carbonyl (C=O) groups excluding carboxylic acids is 2. The third-order valence-corrected chi connectivity index (χ3v) is 5.71. The molecule has 0 bridgehead atoms. The highest BCUT2D eigenvalue weighted by atomic mass is 16.2. The summed E-state index contributed by atoms with van der Waals surface area (Å²) in [4.78, 5) is 31.6. The molecule has 1 aromatic carbocycles. The molecule has 27 heavy (non-hydrogen) atoms. The largest absolute Gasteiger partial charge is 0.341 e. The number of likely N-dealkylation sites (tertiary alicyclic amines) is 1. The summed E-state index contributed by atoms with van der Waals surface area (Å²) < 4.78 is 0. The number of benzene rings is 1. The Hall–Kier alpha value is -1.88. The third-order valence-electron chi connectivity index (χ3n) is 5.71. The standard InChI is InChI=1S/C22H33N3O2/c1-16-9-17(2)12-20(11-16)22(27)24-7-5-23(6-8-24)15-21(26)25-13-18(3)10-19(4)14-25/h9,11-12,18-19H,5-8,10,13-15H2,1-4H3. The second-order valence-corrected chi connectivity index (χ2v) is 8.69. The zero-order valence-electron chi connectivity index (χ0n) is 17.2. The van der Waals surface area contributed by atoms with Gasteiger partial charge in [0.1, 0.15) is 0 Å². The molecule has 2 aliphatic rings. The number of amides is 2. The Morgan fingerprint density at radius 1 is 0.889 bits per heavy atom. The molecule has 2 aliphatic heterocycles. The molecular weight excluding hydrogens is 338 g/mol. The fourth-order valence-corrected chi connectivity index (χ4v) is 4.55. The zero-order valence-corrected chi connectivity index (χ0v) is 17.2. The van der Waals surface area contributed by atoms with Crippen molar-refractivity contribution in [1.29, 1.82) is 0 Å². The molecule has 2 saturated heterocycles. The lowest BCUT2D eigenvalue weighted by molar-refractivity contribution is -0.135. The Balaban J connectivity index is 1.51. The van der Waals surface area contributed by atoms with Crippen molar-refractivity contribution < 1.29 is 9.59 Å². The van der Waals surface area contributed by atoms with Gasteiger partial charge in [0.25, 0.3) is 5.91 Å². The summed E-state index contributed by atoms with van der Waals surface area (Å²) in [5.41, 5.74) is 3.01. The maximum absolute atomic E-state index is 12.8. The van der Waals surface area contributed by atoms with Crippen LogP contribution in [0.25, 0.3) is 0 Å². The molecule has 5 heteroatoms. The molecule has 2 amide bonds. The number of hydrogen-bond donors (Lipinski definition) is 0. The smallest absolute Gasteiger partial charge is 0.253 e. The minimum absolute atomic E-state index is 0.103. The van der Waals surface area contributed by atoms with Crippen LogP contribution in [0.15, 0.2) is 18.2 Å². The van der Waals surface area contributed by atoms with Crippen LogP contribution >= 0.6 is 0 Å². The number of piperidine rings is 1. The summed E-state index contributed by atoms with van der Waals surface area (Å²) in [6.45, 7) is 13.7. The van der Waals surface area contributed by atoms with Gasteiger partial charge >= 0.3 is 0 Å². The average molecular weight is 372 g/mol. The summed E-state index contributed by atoms with van der Waals surface area (Å²) >= 11 is 0. The predicted molar refractivity (Wildman–Crippen MR) is 108 cm³/mol. The van der Waals surface area contributed by atoms with Crippen molar-refractivity contribution in [2.24, 2.45) is 11.8 Å². The molecule has 0 spiro atoms. The van der Waals surface area contributed by atoms with E-state index in [-0.39, 0.29) is 11.8 Å². The molecule has 5 nitrogen and oxygen atoms in total. The molecule has 0 N–H and O–H groups in total. The highest BCUT2D eigenvalue weighted by Gasteiger charge is 2.28. The van der Waals surface area contributed by atoms with E-state index in [4.69, 9.17) is 0 Å². The Bertz CT molecular complexity index is 665. The van der Waals surface area contributed by atoms with Crippen molar-refractivity contribution in [1.82, 2.24) is 14.7 Å². The first-order valence-electron chi connectivity index (χ1n) is 10.2. The van der Waals surface area contributed by atoms with Gasteiger partial charge in [0.15, 0.2) is 0 Å². The second kappa shape index (κ2) is 8.42. The minimum Gasteiger partial charge on any atom is -0.341 e. The van der Waals surface area contributed by atoms with Crippen LogP contribution in [0.2, 0.25) is 0 Å². The SMILES string of the molecule is Cc1cc(C)cc(C(=O)N2CCN(CC(=O)N3CC(C)CC(C)C3)CC2)c1. The maximum atomic E-state index is 12.8. The van der Waals surface area contributed by atoms with E-state index in [1.165, 1.54) is 6.42 Å². The summed E-state index contributed by atoms with van der Waals surface area (Å²) in [5.74, 6) is 1.52. The third kappa shape index (κ3) is 5.10.